The molecule has 1 aromatic carbocycles. The average molecular weight is 238 g/mol. The molecule has 0 radical (unpaired) electrons. The van der Waals surface area contributed by atoms with Crippen molar-refractivity contribution in [2.45, 2.75) is 24.8 Å². The van der Waals surface area contributed by atoms with E-state index in [1.54, 1.807) is 0 Å². The number of thiol groups is 1. The van der Waals surface area contributed by atoms with E-state index in [9.17, 15) is 4.79 Å². The number of nitrogens with one attached hydrogen (secondary N) is 2. The quantitative estimate of drug-likeness (QED) is 0.689. The normalized spacial score (nSPS) is 24.4. The Balaban J connectivity index is 2.04. The number of hydrogen-bond acceptors (Lipinski definition) is 4. The summed E-state index contributed by atoms with van der Waals surface area (Å²) in [6.45, 7) is 1.49. The molecule has 0 saturated carbocycles. The number of hydrogen-bond donors (Lipinski definition) is 3. The Morgan fingerprint density at radius 2 is 2.19 bits per heavy atom. The molecular formula is C11H14N2O2S. The fourth-order valence-electron chi connectivity index (χ4n) is 1.65. The number of carbonyl (C=O) groups excluding carboxylic acids is 1. The lowest BCUT2D eigenvalue weighted by molar-refractivity contribution is -0.114. The second-order valence-electron chi connectivity index (χ2n) is 3.78. The van der Waals surface area contributed by atoms with E-state index < -0.39 is 0 Å². The van der Waals surface area contributed by atoms with Gasteiger partial charge in [-0.3, -0.25) is 9.63 Å². The summed E-state index contributed by atoms with van der Waals surface area (Å²) in [5.74, 6) is -0.0676. The van der Waals surface area contributed by atoms with E-state index in [0.29, 0.717) is 0 Å². The van der Waals surface area contributed by atoms with Crippen LogP contribution < -0.4 is 10.8 Å². The van der Waals surface area contributed by atoms with Crippen LogP contribution in [0.25, 0.3) is 0 Å². The van der Waals surface area contributed by atoms with Gasteiger partial charge in [-0.25, -0.2) is 0 Å². The lowest BCUT2D eigenvalue weighted by Crippen LogP contribution is -2.12. The van der Waals surface area contributed by atoms with Crippen molar-refractivity contribution >= 4 is 24.2 Å². The van der Waals surface area contributed by atoms with Gasteiger partial charge in [0.25, 0.3) is 0 Å². The summed E-state index contributed by atoms with van der Waals surface area (Å²) in [6.07, 6.45) is 0.872. The van der Waals surface area contributed by atoms with E-state index in [0.717, 1.165) is 17.7 Å². The maximum atomic E-state index is 10.8. The van der Waals surface area contributed by atoms with Crippen LogP contribution in [0.4, 0.5) is 5.69 Å². The van der Waals surface area contributed by atoms with Crippen molar-refractivity contribution in [1.82, 2.24) is 5.48 Å². The van der Waals surface area contributed by atoms with Gasteiger partial charge in [0.15, 0.2) is 0 Å². The standard InChI is InChI=1S/C11H14N2O2S/c1-7(14)12-9-4-2-8(3-5-9)10-6-11(16)13-15-10/h2-5,10-11,13,16H,6H2,1H3,(H,12,14)/t10-,11?/m1/s1. The van der Waals surface area contributed by atoms with Gasteiger partial charge in [-0.1, -0.05) is 12.1 Å². The minimum Gasteiger partial charge on any atom is -0.326 e. The molecule has 2 N–H and O–H groups in total. The Bertz CT molecular complexity index is 380. The zero-order chi connectivity index (χ0) is 11.5. The van der Waals surface area contributed by atoms with Crippen molar-refractivity contribution < 1.29 is 9.63 Å². The van der Waals surface area contributed by atoms with Gasteiger partial charge in [-0.05, 0) is 17.7 Å². The van der Waals surface area contributed by atoms with E-state index in [1.807, 2.05) is 24.3 Å². The van der Waals surface area contributed by atoms with Crippen LogP contribution in [-0.4, -0.2) is 11.3 Å². The van der Waals surface area contributed by atoms with E-state index in [1.165, 1.54) is 6.92 Å². The second-order valence-corrected chi connectivity index (χ2v) is 4.40. The summed E-state index contributed by atoms with van der Waals surface area (Å²) in [4.78, 5) is 16.2. The number of amides is 1. The maximum Gasteiger partial charge on any atom is 0.221 e. The number of carbonyl (C=O) groups is 1. The van der Waals surface area contributed by atoms with Crippen molar-refractivity contribution in [3.8, 4) is 0 Å². The zero-order valence-corrected chi connectivity index (χ0v) is 9.83. The predicted molar refractivity (Wildman–Crippen MR) is 65.1 cm³/mol. The molecule has 2 rings (SSSR count). The summed E-state index contributed by atoms with van der Waals surface area (Å²) in [5, 5.41) is 2.80. The van der Waals surface area contributed by atoms with Crippen LogP contribution in [0.1, 0.15) is 25.0 Å². The number of anilines is 1. The van der Waals surface area contributed by atoms with Crippen molar-refractivity contribution in [2.75, 3.05) is 5.32 Å². The molecule has 1 heterocycles. The number of rotatable bonds is 2. The van der Waals surface area contributed by atoms with Crippen LogP contribution in [-0.2, 0) is 9.63 Å². The average Bonchev–Trinajstić information content (AvgIpc) is 2.65. The van der Waals surface area contributed by atoms with Crippen LogP contribution in [0.15, 0.2) is 24.3 Å². The van der Waals surface area contributed by atoms with Crippen molar-refractivity contribution in [3.05, 3.63) is 29.8 Å². The van der Waals surface area contributed by atoms with Gasteiger partial charge in [0.05, 0.1) is 5.37 Å². The van der Waals surface area contributed by atoms with Crippen molar-refractivity contribution in [3.63, 3.8) is 0 Å². The van der Waals surface area contributed by atoms with Crippen LogP contribution in [0.2, 0.25) is 0 Å². The molecule has 16 heavy (non-hydrogen) atoms. The van der Waals surface area contributed by atoms with Gasteiger partial charge < -0.3 is 5.32 Å². The zero-order valence-electron chi connectivity index (χ0n) is 8.93. The van der Waals surface area contributed by atoms with Crippen LogP contribution in [0.5, 0.6) is 0 Å². The Kier molecular flexibility index (Phi) is 3.48. The van der Waals surface area contributed by atoms with Gasteiger partial charge in [-0.15, -0.1) is 0 Å². The number of hydroxylamine groups is 1. The second kappa shape index (κ2) is 4.86. The van der Waals surface area contributed by atoms with Crippen LogP contribution in [0.3, 0.4) is 0 Å². The monoisotopic (exact) mass is 238 g/mol. The molecule has 2 atom stereocenters. The maximum absolute atomic E-state index is 10.8. The van der Waals surface area contributed by atoms with Gasteiger partial charge in [0, 0.05) is 19.0 Å². The van der Waals surface area contributed by atoms with Crippen LogP contribution >= 0.6 is 12.6 Å². The fourth-order valence-corrected chi connectivity index (χ4v) is 1.90. The highest BCUT2D eigenvalue weighted by molar-refractivity contribution is 7.80. The molecule has 0 spiro atoms. The first kappa shape index (κ1) is 11.4. The molecule has 1 saturated heterocycles. The van der Waals surface area contributed by atoms with E-state index in [-0.39, 0.29) is 17.4 Å². The lowest BCUT2D eigenvalue weighted by atomic mass is 10.1. The predicted octanol–water partition coefficient (Wildman–Crippen LogP) is 1.87. The first-order chi connectivity index (χ1) is 7.65. The molecule has 0 bridgehead atoms. The smallest absolute Gasteiger partial charge is 0.221 e. The van der Waals surface area contributed by atoms with Gasteiger partial charge in [0.1, 0.15) is 6.10 Å². The highest BCUT2D eigenvalue weighted by Gasteiger charge is 2.23. The fraction of sp³-hybridized carbons (Fsp3) is 0.364. The number of benzene rings is 1. The molecule has 1 fully saturated rings. The molecule has 1 aliphatic heterocycles. The first-order valence-corrected chi connectivity index (χ1v) is 5.63. The minimum absolute atomic E-state index is 0.0360. The van der Waals surface area contributed by atoms with Crippen molar-refractivity contribution in [2.24, 2.45) is 0 Å². The van der Waals surface area contributed by atoms with Gasteiger partial charge >= 0.3 is 0 Å². The third-order valence-corrected chi connectivity index (χ3v) is 2.70. The summed E-state index contributed by atoms with van der Waals surface area (Å²) in [5.41, 5.74) is 4.69. The van der Waals surface area contributed by atoms with Gasteiger partial charge in [0.2, 0.25) is 5.91 Å². The third kappa shape index (κ3) is 2.75. The first-order valence-electron chi connectivity index (χ1n) is 5.12. The largest absolute Gasteiger partial charge is 0.326 e. The molecular weight excluding hydrogens is 224 g/mol. The molecule has 86 valence electrons. The molecule has 1 unspecified atom stereocenters. The third-order valence-electron chi connectivity index (χ3n) is 2.39. The Hall–Kier alpha value is -1.04. The summed E-state index contributed by atoms with van der Waals surface area (Å²) in [6, 6.07) is 7.63. The molecule has 0 aliphatic carbocycles. The highest BCUT2D eigenvalue weighted by Crippen LogP contribution is 2.28. The molecule has 1 aliphatic rings. The molecule has 5 heteroatoms. The van der Waals surface area contributed by atoms with E-state index in [4.69, 9.17) is 4.84 Å². The van der Waals surface area contributed by atoms with E-state index >= 15 is 0 Å². The molecule has 1 aromatic rings. The van der Waals surface area contributed by atoms with Gasteiger partial charge in [-0.2, -0.15) is 18.1 Å². The molecule has 1 amide bonds. The Morgan fingerprint density at radius 1 is 1.50 bits per heavy atom. The highest BCUT2D eigenvalue weighted by atomic mass is 32.1. The molecule has 0 aromatic heterocycles. The topological polar surface area (TPSA) is 50.4 Å². The Morgan fingerprint density at radius 3 is 2.69 bits per heavy atom. The summed E-state index contributed by atoms with van der Waals surface area (Å²) in [7, 11) is 0. The van der Waals surface area contributed by atoms with E-state index in [2.05, 4.69) is 23.4 Å². The lowest BCUT2D eigenvalue weighted by Gasteiger charge is -2.09. The minimum atomic E-state index is -0.0676. The SMILES string of the molecule is CC(=O)Nc1ccc([C@H]2CC(S)NO2)cc1. The van der Waals surface area contributed by atoms with Crippen molar-refractivity contribution in [1.29, 1.82) is 0 Å². The summed E-state index contributed by atoms with van der Waals surface area (Å²) >= 11 is 4.27. The summed E-state index contributed by atoms with van der Waals surface area (Å²) < 4.78 is 0. The molecule has 4 nitrogen and oxygen atoms in total. The van der Waals surface area contributed by atoms with Crippen LogP contribution in [0, 0.1) is 0 Å². The Labute approximate surface area is 99.7 Å².